The van der Waals surface area contributed by atoms with Crippen LogP contribution in [0.1, 0.15) is 5.56 Å². The Morgan fingerprint density at radius 1 is 1.62 bits per heavy atom. The molecule has 0 saturated carbocycles. The lowest BCUT2D eigenvalue weighted by Gasteiger charge is -2.02. The van der Waals surface area contributed by atoms with Crippen LogP contribution in [-0.4, -0.2) is 7.11 Å². The van der Waals surface area contributed by atoms with E-state index in [2.05, 4.69) is 16.6 Å². The maximum atomic E-state index is 8.26. The number of hydrogen-bond acceptors (Lipinski definition) is 2. The molecule has 0 unspecified atom stereocenters. The van der Waals surface area contributed by atoms with Gasteiger partial charge in [0, 0.05) is 10.6 Å². The second-order valence-corrected chi connectivity index (χ2v) is 2.32. The van der Waals surface area contributed by atoms with Gasteiger partial charge in [-0.1, -0.05) is 17.8 Å². The molecule has 0 radical (unpaired) electrons. The molecule has 0 heterocycles. The summed E-state index contributed by atoms with van der Waals surface area (Å²) < 4.78 is 5.01. The minimum absolute atomic E-state index is 0.554. The highest BCUT2D eigenvalue weighted by Crippen LogP contribution is 2.25. The lowest BCUT2D eigenvalue weighted by Crippen LogP contribution is -1.82. The quantitative estimate of drug-likeness (QED) is 0.395. The van der Waals surface area contributed by atoms with Crippen molar-refractivity contribution >= 4 is 11.8 Å². The van der Waals surface area contributed by atoms with E-state index in [1.165, 1.54) is 0 Å². The van der Waals surface area contributed by atoms with Crippen molar-refractivity contribution in [3.63, 3.8) is 0 Å². The van der Waals surface area contributed by atoms with Crippen molar-refractivity contribution in [3.8, 4) is 5.75 Å². The first kappa shape index (κ1) is 9.16. The summed E-state index contributed by atoms with van der Waals surface area (Å²) in [6.07, 6.45) is 1.62. The number of methoxy groups -OCH3 is 1. The molecule has 0 atom stereocenters. The summed E-state index contributed by atoms with van der Waals surface area (Å²) in [6.45, 7) is 3.61. The number of hydrogen-bond donors (Lipinski definition) is 0. The van der Waals surface area contributed by atoms with Crippen LogP contribution in [0.15, 0.2) is 29.9 Å². The number of benzene rings is 1. The lowest BCUT2D eigenvalue weighted by atomic mass is 10.2. The molecule has 1 rings (SSSR count). The molecule has 13 heavy (non-hydrogen) atoms. The third-order valence-corrected chi connectivity index (χ3v) is 1.61. The molecule has 4 nitrogen and oxygen atoms in total. The van der Waals surface area contributed by atoms with Gasteiger partial charge in [-0.15, -0.1) is 0 Å². The highest BCUT2D eigenvalue weighted by atomic mass is 16.5. The molecule has 0 fully saturated rings. The molecule has 0 aromatic heterocycles. The fraction of sp³-hybridized carbons (Fsp3) is 0.111. The van der Waals surface area contributed by atoms with Gasteiger partial charge in [0.2, 0.25) is 0 Å². The van der Waals surface area contributed by atoms with E-state index >= 15 is 0 Å². The van der Waals surface area contributed by atoms with Gasteiger partial charge in [-0.25, -0.2) is 0 Å². The average Bonchev–Trinajstić information content (AvgIpc) is 2.19. The van der Waals surface area contributed by atoms with Crippen LogP contribution in [-0.2, 0) is 0 Å². The van der Waals surface area contributed by atoms with Crippen LogP contribution in [0.25, 0.3) is 16.5 Å². The van der Waals surface area contributed by atoms with Crippen LogP contribution in [0.2, 0.25) is 0 Å². The van der Waals surface area contributed by atoms with Crippen molar-refractivity contribution < 1.29 is 4.74 Å². The summed E-state index contributed by atoms with van der Waals surface area (Å²) in [4.78, 5) is 2.71. The lowest BCUT2D eigenvalue weighted by molar-refractivity contribution is 0.415. The normalized spacial score (nSPS) is 8.69. The van der Waals surface area contributed by atoms with E-state index in [9.17, 15) is 0 Å². The first-order chi connectivity index (χ1) is 6.31. The van der Waals surface area contributed by atoms with E-state index in [0.717, 1.165) is 5.56 Å². The molecule has 0 amide bonds. The molecule has 0 spiro atoms. The molecule has 4 heteroatoms. The van der Waals surface area contributed by atoms with E-state index in [1.54, 1.807) is 31.4 Å². The molecular weight excluding hydrogens is 166 g/mol. The van der Waals surface area contributed by atoms with Crippen molar-refractivity contribution in [1.29, 1.82) is 0 Å². The number of nitrogens with zero attached hydrogens (tertiary/aromatic N) is 3. The summed E-state index contributed by atoms with van der Waals surface area (Å²) in [5.74, 6) is 0.715. The summed E-state index contributed by atoms with van der Waals surface area (Å²) in [6, 6.07) is 5.18. The number of azide groups is 1. The third kappa shape index (κ3) is 2.01. The Kier molecular flexibility index (Phi) is 2.95. The van der Waals surface area contributed by atoms with E-state index in [0.29, 0.717) is 11.4 Å². The Balaban J connectivity index is 3.22. The maximum Gasteiger partial charge on any atom is 0.119 e. The highest BCUT2D eigenvalue weighted by Gasteiger charge is 1.98. The van der Waals surface area contributed by atoms with Crippen molar-refractivity contribution in [2.45, 2.75) is 0 Å². The van der Waals surface area contributed by atoms with Crippen molar-refractivity contribution in [2.24, 2.45) is 5.11 Å². The number of rotatable bonds is 3. The zero-order valence-corrected chi connectivity index (χ0v) is 7.27. The van der Waals surface area contributed by atoms with Gasteiger partial charge < -0.3 is 4.74 Å². The zero-order chi connectivity index (χ0) is 9.68. The third-order valence-electron chi connectivity index (χ3n) is 1.61. The Labute approximate surface area is 76.1 Å². The van der Waals surface area contributed by atoms with Crippen LogP contribution in [0.5, 0.6) is 5.75 Å². The van der Waals surface area contributed by atoms with Gasteiger partial charge in [-0.2, -0.15) is 0 Å². The van der Waals surface area contributed by atoms with Gasteiger partial charge in [-0.3, -0.25) is 0 Å². The molecule has 0 N–H and O–H groups in total. The van der Waals surface area contributed by atoms with Crippen LogP contribution < -0.4 is 4.74 Å². The van der Waals surface area contributed by atoms with Crippen LogP contribution >= 0.6 is 0 Å². The molecule has 66 valence electrons. The van der Waals surface area contributed by atoms with E-state index in [4.69, 9.17) is 10.3 Å². The van der Waals surface area contributed by atoms with Crippen molar-refractivity contribution in [3.05, 3.63) is 40.8 Å². The predicted octanol–water partition coefficient (Wildman–Crippen LogP) is 3.28. The Morgan fingerprint density at radius 2 is 2.38 bits per heavy atom. The van der Waals surface area contributed by atoms with Gasteiger partial charge in [0.25, 0.3) is 0 Å². The Hall–Kier alpha value is -1.93. The van der Waals surface area contributed by atoms with Gasteiger partial charge in [-0.05, 0) is 29.3 Å². The fourth-order valence-electron chi connectivity index (χ4n) is 0.962. The molecular formula is C9H9N3O. The van der Waals surface area contributed by atoms with Crippen LogP contribution in [0.3, 0.4) is 0 Å². The first-order valence-electron chi connectivity index (χ1n) is 3.67. The van der Waals surface area contributed by atoms with Gasteiger partial charge >= 0.3 is 0 Å². The van der Waals surface area contributed by atoms with E-state index < -0.39 is 0 Å². The van der Waals surface area contributed by atoms with Crippen molar-refractivity contribution in [2.75, 3.05) is 7.11 Å². The van der Waals surface area contributed by atoms with E-state index in [-0.39, 0.29) is 0 Å². The van der Waals surface area contributed by atoms with Crippen molar-refractivity contribution in [1.82, 2.24) is 0 Å². The summed E-state index contributed by atoms with van der Waals surface area (Å²) in [5.41, 5.74) is 9.57. The van der Waals surface area contributed by atoms with Gasteiger partial charge in [0.15, 0.2) is 0 Å². The maximum absolute atomic E-state index is 8.26. The SMILES string of the molecule is C=Cc1cc(OC)ccc1N=[N+]=[N-]. The fourth-order valence-corrected chi connectivity index (χ4v) is 0.962. The predicted molar refractivity (Wildman–Crippen MR) is 51.9 cm³/mol. The van der Waals surface area contributed by atoms with E-state index in [1.807, 2.05) is 0 Å². The molecule has 0 aliphatic heterocycles. The molecule has 1 aromatic rings. The van der Waals surface area contributed by atoms with Gasteiger partial charge in [0.05, 0.1) is 7.11 Å². The zero-order valence-electron chi connectivity index (χ0n) is 7.27. The number of ether oxygens (including phenoxy) is 1. The topological polar surface area (TPSA) is 58.0 Å². The largest absolute Gasteiger partial charge is 0.497 e. The second kappa shape index (κ2) is 4.18. The summed E-state index contributed by atoms with van der Waals surface area (Å²) in [5, 5.41) is 3.51. The standard InChI is InChI=1S/C9H9N3O/c1-3-7-6-8(13-2)4-5-9(7)11-12-10/h3-6H,1H2,2H3. The minimum Gasteiger partial charge on any atom is -0.497 e. The van der Waals surface area contributed by atoms with Gasteiger partial charge in [0.1, 0.15) is 5.75 Å². The highest BCUT2D eigenvalue weighted by molar-refractivity contribution is 5.64. The first-order valence-corrected chi connectivity index (χ1v) is 3.67. The summed E-state index contributed by atoms with van der Waals surface area (Å²) >= 11 is 0. The minimum atomic E-state index is 0.554. The Bertz CT molecular complexity index is 367. The molecule has 1 aromatic carbocycles. The summed E-state index contributed by atoms with van der Waals surface area (Å²) in [7, 11) is 1.58. The smallest absolute Gasteiger partial charge is 0.119 e. The second-order valence-electron chi connectivity index (χ2n) is 2.32. The average molecular weight is 175 g/mol. The van der Waals surface area contributed by atoms with Crippen LogP contribution in [0.4, 0.5) is 5.69 Å². The molecule has 0 aliphatic carbocycles. The molecule has 0 bridgehead atoms. The van der Waals surface area contributed by atoms with Crippen LogP contribution in [0, 0.1) is 0 Å². The molecule has 0 aliphatic rings. The Morgan fingerprint density at radius 3 is 2.92 bits per heavy atom. The monoisotopic (exact) mass is 175 g/mol. The molecule has 0 saturated heterocycles.